The second-order valence-electron chi connectivity index (χ2n) is 16.2. The number of fused-ring (bicyclic) bond motifs is 9. The van der Waals surface area contributed by atoms with Gasteiger partial charge in [0, 0.05) is 60.2 Å². The summed E-state index contributed by atoms with van der Waals surface area (Å²) in [7, 11) is 0. The van der Waals surface area contributed by atoms with Crippen LogP contribution in [0.2, 0.25) is 0 Å². The number of para-hydroxylation sites is 2. The zero-order chi connectivity index (χ0) is 41.4. The van der Waals surface area contributed by atoms with E-state index in [0.717, 1.165) is 50.4 Å². The average Bonchev–Trinajstić information content (AvgIpc) is 4.02. The molecule has 5 aromatic heterocycles. The van der Waals surface area contributed by atoms with Crippen molar-refractivity contribution < 1.29 is 0 Å². The third kappa shape index (κ3) is 5.74. The number of benzene rings is 8. The largest absolute Gasteiger partial charge is 0.309 e. The molecule has 0 saturated heterocycles. The summed E-state index contributed by atoms with van der Waals surface area (Å²) in [6.07, 6.45) is 1.94. The van der Waals surface area contributed by atoms with Gasteiger partial charge in [0.25, 0.3) is 0 Å². The topological polar surface area (TPSA) is 35.6 Å². The van der Waals surface area contributed by atoms with Crippen LogP contribution in [0.15, 0.2) is 219 Å². The molecule has 0 unspecified atom stereocenters. The van der Waals surface area contributed by atoms with Gasteiger partial charge in [0.2, 0.25) is 0 Å². The highest BCUT2D eigenvalue weighted by Gasteiger charge is 2.19. The quantitative estimate of drug-likeness (QED) is 0.167. The van der Waals surface area contributed by atoms with Crippen LogP contribution < -0.4 is 0 Å². The SMILES string of the molecule is c1ccc(-c2cc(-n3c4ccccc4c4cc(-c5ccc6c7ccccc7n(-c7ccc(-c8ccnc9c8sc8ccccc89)cc7)c6c5)ccc43)cc(-c3ccccc3)n2)cc1. The van der Waals surface area contributed by atoms with Crippen molar-refractivity contribution in [2.24, 2.45) is 0 Å². The first kappa shape index (κ1) is 35.6. The van der Waals surface area contributed by atoms with Crippen LogP contribution in [0, 0.1) is 0 Å². The summed E-state index contributed by atoms with van der Waals surface area (Å²) in [6, 6.07) is 76.6. The van der Waals surface area contributed by atoms with E-state index in [0.29, 0.717) is 0 Å². The van der Waals surface area contributed by atoms with E-state index in [4.69, 9.17) is 9.97 Å². The molecule has 63 heavy (non-hydrogen) atoms. The third-order valence-electron chi connectivity index (χ3n) is 12.6. The second-order valence-corrected chi connectivity index (χ2v) is 17.2. The highest BCUT2D eigenvalue weighted by molar-refractivity contribution is 7.26. The fourth-order valence-corrected chi connectivity index (χ4v) is 10.8. The van der Waals surface area contributed by atoms with Crippen molar-refractivity contribution in [3.63, 3.8) is 0 Å². The van der Waals surface area contributed by atoms with Gasteiger partial charge in [-0.2, -0.15) is 0 Å². The Kier molecular flexibility index (Phi) is 8.05. The van der Waals surface area contributed by atoms with Crippen molar-refractivity contribution in [2.45, 2.75) is 0 Å². The predicted octanol–water partition coefficient (Wildman–Crippen LogP) is 15.7. The Labute approximate surface area is 367 Å². The number of hydrogen-bond donors (Lipinski definition) is 0. The summed E-state index contributed by atoms with van der Waals surface area (Å²) in [5.74, 6) is 0. The number of nitrogens with zero attached hydrogens (tertiary/aromatic N) is 4. The smallest absolute Gasteiger partial charge is 0.0894 e. The standard InChI is InChI=1S/C58H36N4S/c1-3-13-38(14-4-1)50-35-43(36-51(60-50)39-15-5-2-6-16-39)62-53-21-11-8-18-46(53)49-33-40(26-30-54(49)62)41-25-29-47-45-17-7-10-20-52(45)61(55(47)34-41)42-27-23-37(24-28-42)44-31-32-59-57-48-19-9-12-22-56(48)63-58(44)57/h1-36H. The van der Waals surface area contributed by atoms with Crippen LogP contribution in [-0.4, -0.2) is 19.1 Å². The summed E-state index contributed by atoms with van der Waals surface area (Å²) < 4.78 is 7.31. The zero-order valence-electron chi connectivity index (χ0n) is 34.0. The van der Waals surface area contributed by atoms with E-state index in [2.05, 4.69) is 221 Å². The second kappa shape index (κ2) is 14.2. The number of pyridine rings is 2. The van der Waals surface area contributed by atoms with Gasteiger partial charge < -0.3 is 9.13 Å². The van der Waals surface area contributed by atoms with Gasteiger partial charge in [0.1, 0.15) is 0 Å². The fourth-order valence-electron chi connectivity index (χ4n) is 9.64. The van der Waals surface area contributed by atoms with E-state index < -0.39 is 0 Å². The lowest BCUT2D eigenvalue weighted by Gasteiger charge is -2.13. The van der Waals surface area contributed by atoms with Crippen molar-refractivity contribution in [3.8, 4) is 56.1 Å². The van der Waals surface area contributed by atoms with E-state index in [1.807, 2.05) is 17.5 Å². The molecule has 13 rings (SSSR count). The van der Waals surface area contributed by atoms with Crippen LogP contribution in [0.1, 0.15) is 0 Å². The molecule has 0 spiro atoms. The highest BCUT2D eigenvalue weighted by Crippen LogP contribution is 2.41. The molecule has 0 atom stereocenters. The monoisotopic (exact) mass is 820 g/mol. The first-order valence-corrected chi connectivity index (χ1v) is 22.1. The molecule has 0 bridgehead atoms. The molecule has 0 amide bonds. The molecule has 0 aliphatic carbocycles. The van der Waals surface area contributed by atoms with Crippen molar-refractivity contribution in [3.05, 3.63) is 219 Å². The van der Waals surface area contributed by atoms with Gasteiger partial charge >= 0.3 is 0 Å². The van der Waals surface area contributed by atoms with Crippen LogP contribution in [0.4, 0.5) is 0 Å². The minimum Gasteiger partial charge on any atom is -0.309 e. The van der Waals surface area contributed by atoms with Gasteiger partial charge in [0.05, 0.1) is 49.4 Å². The van der Waals surface area contributed by atoms with Crippen molar-refractivity contribution in [1.82, 2.24) is 19.1 Å². The molecule has 0 aliphatic rings. The third-order valence-corrected chi connectivity index (χ3v) is 13.8. The lowest BCUT2D eigenvalue weighted by Crippen LogP contribution is -1.98. The van der Waals surface area contributed by atoms with Crippen molar-refractivity contribution in [2.75, 3.05) is 0 Å². The molecule has 294 valence electrons. The maximum absolute atomic E-state index is 5.19. The lowest BCUT2D eigenvalue weighted by atomic mass is 10.0. The van der Waals surface area contributed by atoms with Gasteiger partial charge in [-0.3, -0.25) is 4.98 Å². The Balaban J connectivity index is 0.947. The average molecular weight is 821 g/mol. The van der Waals surface area contributed by atoms with Gasteiger partial charge in [-0.25, -0.2) is 4.98 Å². The van der Waals surface area contributed by atoms with Crippen LogP contribution in [-0.2, 0) is 0 Å². The molecule has 0 N–H and O–H groups in total. The number of rotatable bonds is 6. The van der Waals surface area contributed by atoms with Crippen LogP contribution in [0.25, 0.3) is 120 Å². The Morgan fingerprint density at radius 3 is 1.60 bits per heavy atom. The molecular formula is C58H36N4S. The lowest BCUT2D eigenvalue weighted by molar-refractivity contribution is 1.16. The maximum Gasteiger partial charge on any atom is 0.0894 e. The first-order valence-electron chi connectivity index (χ1n) is 21.3. The molecule has 5 heterocycles. The molecule has 0 saturated carbocycles. The van der Waals surface area contributed by atoms with E-state index >= 15 is 0 Å². The normalized spacial score (nSPS) is 11.8. The molecule has 0 fully saturated rings. The Hall–Kier alpha value is -8.12. The molecule has 4 nitrogen and oxygen atoms in total. The Morgan fingerprint density at radius 2 is 0.889 bits per heavy atom. The summed E-state index contributed by atoms with van der Waals surface area (Å²) in [5.41, 5.74) is 16.8. The minimum absolute atomic E-state index is 0.943. The van der Waals surface area contributed by atoms with E-state index in [1.54, 1.807) is 0 Å². The Morgan fingerprint density at radius 1 is 0.349 bits per heavy atom. The van der Waals surface area contributed by atoms with Crippen molar-refractivity contribution >= 4 is 75.3 Å². The number of thiophene rings is 1. The molecule has 13 aromatic rings. The molecule has 0 radical (unpaired) electrons. The highest BCUT2D eigenvalue weighted by atomic mass is 32.1. The Bertz CT molecular complexity index is 3840. The predicted molar refractivity (Wildman–Crippen MR) is 265 cm³/mol. The van der Waals surface area contributed by atoms with E-state index in [1.165, 1.54) is 69.6 Å². The summed E-state index contributed by atoms with van der Waals surface area (Å²) in [4.78, 5) is 9.98. The number of hydrogen-bond acceptors (Lipinski definition) is 3. The van der Waals surface area contributed by atoms with Gasteiger partial charge in [-0.05, 0) is 83.4 Å². The van der Waals surface area contributed by atoms with Crippen molar-refractivity contribution in [1.29, 1.82) is 0 Å². The van der Waals surface area contributed by atoms with Crippen LogP contribution >= 0.6 is 11.3 Å². The zero-order valence-corrected chi connectivity index (χ0v) is 34.8. The van der Waals surface area contributed by atoms with Gasteiger partial charge in [-0.1, -0.05) is 146 Å². The summed E-state index contributed by atoms with van der Waals surface area (Å²) >= 11 is 1.82. The summed E-state index contributed by atoms with van der Waals surface area (Å²) in [5, 5.41) is 6.11. The first-order chi connectivity index (χ1) is 31.2. The van der Waals surface area contributed by atoms with E-state index in [9.17, 15) is 0 Å². The van der Waals surface area contributed by atoms with Crippen LogP contribution in [0.5, 0.6) is 0 Å². The van der Waals surface area contributed by atoms with Crippen LogP contribution in [0.3, 0.4) is 0 Å². The maximum atomic E-state index is 5.19. The van der Waals surface area contributed by atoms with Gasteiger partial charge in [0.15, 0.2) is 0 Å². The minimum atomic E-state index is 0.943. The summed E-state index contributed by atoms with van der Waals surface area (Å²) in [6.45, 7) is 0. The fraction of sp³-hybridized carbons (Fsp3) is 0. The molecular weight excluding hydrogens is 785 g/mol. The van der Waals surface area contributed by atoms with E-state index in [-0.39, 0.29) is 0 Å². The molecule has 8 aromatic carbocycles. The number of aromatic nitrogens is 4. The van der Waals surface area contributed by atoms with Gasteiger partial charge in [-0.15, -0.1) is 11.3 Å². The molecule has 5 heteroatoms. The molecule has 0 aliphatic heterocycles.